The molecule has 0 aliphatic carbocycles. The molecule has 1 atom stereocenters. The molecule has 1 saturated heterocycles. The number of fused-ring (bicyclic) bond motifs is 1. The highest BCUT2D eigenvalue weighted by molar-refractivity contribution is 8.00. The number of carbonyl (C=O) groups is 1. The minimum atomic E-state index is 0.186. The first-order valence-electron chi connectivity index (χ1n) is 9.73. The number of benzene rings is 1. The van der Waals surface area contributed by atoms with Crippen LogP contribution in [0.15, 0.2) is 35.7 Å². The molecule has 1 amide bonds. The van der Waals surface area contributed by atoms with E-state index in [1.165, 1.54) is 29.3 Å². The zero-order chi connectivity index (χ0) is 19.7. The van der Waals surface area contributed by atoms with Crippen molar-refractivity contribution in [2.24, 2.45) is 0 Å². The van der Waals surface area contributed by atoms with Gasteiger partial charge in [-0.25, -0.2) is 14.6 Å². The lowest BCUT2D eigenvalue weighted by Gasteiger charge is -2.33. The Balaban J connectivity index is 1.56. The van der Waals surface area contributed by atoms with Crippen molar-refractivity contribution in [1.82, 2.24) is 24.6 Å². The number of likely N-dealkylation sites (tertiary alicyclic amines) is 1. The molecule has 1 aliphatic heterocycles. The molecule has 0 spiro atoms. The number of piperidine rings is 1. The van der Waals surface area contributed by atoms with Crippen LogP contribution >= 0.6 is 11.8 Å². The van der Waals surface area contributed by atoms with Gasteiger partial charge in [0.1, 0.15) is 11.4 Å². The first kappa shape index (κ1) is 18.9. The molecule has 0 saturated carbocycles. The Hall–Kier alpha value is -2.41. The van der Waals surface area contributed by atoms with E-state index in [0.717, 1.165) is 41.1 Å². The Morgan fingerprint density at radius 1 is 1.21 bits per heavy atom. The molecule has 6 nitrogen and oxygen atoms in total. The molecule has 28 heavy (non-hydrogen) atoms. The molecule has 146 valence electrons. The molecule has 0 radical (unpaired) electrons. The Morgan fingerprint density at radius 3 is 2.86 bits per heavy atom. The number of nitrogens with zero attached hydrogens (tertiary/aromatic N) is 5. The van der Waals surface area contributed by atoms with Crippen LogP contribution in [0.1, 0.15) is 37.3 Å². The van der Waals surface area contributed by atoms with Gasteiger partial charge >= 0.3 is 0 Å². The predicted octanol–water partition coefficient (Wildman–Crippen LogP) is 3.93. The van der Waals surface area contributed by atoms with Gasteiger partial charge in [-0.1, -0.05) is 17.8 Å². The van der Waals surface area contributed by atoms with E-state index < -0.39 is 0 Å². The van der Waals surface area contributed by atoms with Crippen LogP contribution in [0.5, 0.6) is 0 Å². The number of rotatable bonds is 4. The molecule has 7 heteroatoms. The number of aryl methyl sites for hydroxylation is 2. The van der Waals surface area contributed by atoms with Crippen molar-refractivity contribution in [3.05, 3.63) is 41.9 Å². The first-order chi connectivity index (χ1) is 13.5. The zero-order valence-electron chi connectivity index (χ0n) is 16.6. The van der Waals surface area contributed by atoms with Crippen molar-refractivity contribution < 1.29 is 4.79 Å². The second-order valence-electron chi connectivity index (χ2n) is 7.46. The van der Waals surface area contributed by atoms with Crippen LogP contribution < -0.4 is 0 Å². The summed E-state index contributed by atoms with van der Waals surface area (Å²) in [6, 6.07) is 6.58. The number of thioether (sulfide) groups is 1. The molecule has 1 fully saturated rings. The highest BCUT2D eigenvalue weighted by atomic mass is 32.2. The van der Waals surface area contributed by atoms with Crippen molar-refractivity contribution in [2.45, 2.75) is 51.1 Å². The molecule has 2 aromatic heterocycles. The fourth-order valence-corrected chi connectivity index (χ4v) is 4.51. The summed E-state index contributed by atoms with van der Waals surface area (Å²) in [6.45, 7) is 7.19. The molecular formula is C21H25N5OS. The molecule has 4 rings (SSSR count). The van der Waals surface area contributed by atoms with Gasteiger partial charge in [-0.3, -0.25) is 4.79 Å². The maximum absolute atomic E-state index is 12.7. The molecular weight excluding hydrogens is 370 g/mol. The summed E-state index contributed by atoms with van der Waals surface area (Å²) in [5.74, 6) is 0.580. The van der Waals surface area contributed by atoms with Gasteiger partial charge in [0.25, 0.3) is 0 Å². The fourth-order valence-electron chi connectivity index (χ4n) is 3.67. The van der Waals surface area contributed by atoms with Crippen LogP contribution in [0.4, 0.5) is 0 Å². The molecule has 0 N–H and O–H groups in total. The Kier molecular flexibility index (Phi) is 5.35. The van der Waals surface area contributed by atoms with Crippen molar-refractivity contribution in [3.63, 3.8) is 0 Å². The normalized spacial score (nSPS) is 17.2. The Morgan fingerprint density at radius 2 is 2.07 bits per heavy atom. The average molecular weight is 396 g/mol. The molecule has 0 unspecified atom stereocenters. The van der Waals surface area contributed by atoms with Gasteiger partial charge in [-0.2, -0.15) is 5.10 Å². The summed E-state index contributed by atoms with van der Waals surface area (Å²) in [7, 11) is 0. The van der Waals surface area contributed by atoms with Crippen LogP contribution in [0, 0.1) is 13.8 Å². The van der Waals surface area contributed by atoms with E-state index in [4.69, 9.17) is 0 Å². The van der Waals surface area contributed by atoms with E-state index in [1.807, 2.05) is 15.6 Å². The van der Waals surface area contributed by atoms with Crippen molar-refractivity contribution >= 4 is 28.7 Å². The lowest BCUT2D eigenvalue weighted by atomic mass is 10.0. The third kappa shape index (κ3) is 3.63. The molecule has 1 aromatic carbocycles. The molecule has 3 heterocycles. The second-order valence-corrected chi connectivity index (χ2v) is 8.43. The maximum atomic E-state index is 12.7. The standard InChI is InChI=1S/C21H25N5OS/c1-14-7-8-17(10-15(14)2)26-20-18(11-24-26)21(23-13-22-20)28-12-19(27)25-9-5-4-6-16(25)3/h7-8,10-11,13,16H,4-6,9,12H2,1-3H3/t16-/m0/s1. The molecule has 0 bridgehead atoms. The number of aromatic nitrogens is 4. The van der Waals surface area contributed by atoms with E-state index in [9.17, 15) is 4.79 Å². The summed E-state index contributed by atoms with van der Waals surface area (Å²) < 4.78 is 1.84. The quantitative estimate of drug-likeness (QED) is 0.495. The number of amides is 1. The van der Waals surface area contributed by atoms with Gasteiger partial charge in [0.05, 0.1) is 23.0 Å². The summed E-state index contributed by atoms with van der Waals surface area (Å²) >= 11 is 1.47. The number of carbonyl (C=O) groups excluding carboxylic acids is 1. The van der Waals surface area contributed by atoms with Crippen LogP contribution in [0.25, 0.3) is 16.7 Å². The highest BCUT2D eigenvalue weighted by Crippen LogP contribution is 2.27. The Bertz CT molecular complexity index is 1020. The van der Waals surface area contributed by atoms with Crippen LogP contribution in [-0.2, 0) is 4.79 Å². The summed E-state index contributed by atoms with van der Waals surface area (Å²) in [6.07, 6.45) is 6.75. The van der Waals surface area contributed by atoms with Gasteiger partial charge in [0.15, 0.2) is 5.65 Å². The summed E-state index contributed by atoms with van der Waals surface area (Å²) in [5.41, 5.74) is 4.20. The topological polar surface area (TPSA) is 63.9 Å². The zero-order valence-corrected chi connectivity index (χ0v) is 17.4. The third-order valence-corrected chi connectivity index (χ3v) is 6.51. The van der Waals surface area contributed by atoms with Crippen LogP contribution in [0.3, 0.4) is 0 Å². The van der Waals surface area contributed by atoms with E-state index in [-0.39, 0.29) is 5.91 Å². The lowest BCUT2D eigenvalue weighted by Crippen LogP contribution is -2.42. The first-order valence-corrected chi connectivity index (χ1v) is 10.7. The van der Waals surface area contributed by atoms with E-state index in [1.54, 1.807) is 12.5 Å². The van der Waals surface area contributed by atoms with Gasteiger partial charge in [0.2, 0.25) is 5.91 Å². The summed E-state index contributed by atoms with van der Waals surface area (Å²) in [5, 5.41) is 6.22. The SMILES string of the molecule is Cc1ccc(-n2ncc3c(SCC(=O)N4CCCC[C@@H]4C)ncnc32)cc1C. The average Bonchev–Trinajstić information content (AvgIpc) is 3.13. The summed E-state index contributed by atoms with van der Waals surface area (Å²) in [4.78, 5) is 23.5. The smallest absolute Gasteiger partial charge is 0.233 e. The minimum Gasteiger partial charge on any atom is -0.339 e. The minimum absolute atomic E-state index is 0.186. The monoisotopic (exact) mass is 395 g/mol. The Labute approximate surface area is 169 Å². The molecule has 1 aliphatic rings. The highest BCUT2D eigenvalue weighted by Gasteiger charge is 2.23. The van der Waals surface area contributed by atoms with Gasteiger partial charge in [0, 0.05) is 12.6 Å². The fraction of sp³-hybridized carbons (Fsp3) is 0.429. The number of hydrogen-bond donors (Lipinski definition) is 0. The van der Waals surface area contributed by atoms with Crippen LogP contribution in [0.2, 0.25) is 0 Å². The maximum Gasteiger partial charge on any atom is 0.233 e. The van der Waals surface area contributed by atoms with Gasteiger partial charge in [-0.05, 0) is 63.3 Å². The van der Waals surface area contributed by atoms with Crippen molar-refractivity contribution in [2.75, 3.05) is 12.3 Å². The predicted molar refractivity (Wildman–Crippen MR) is 112 cm³/mol. The van der Waals surface area contributed by atoms with Crippen molar-refractivity contribution in [1.29, 1.82) is 0 Å². The van der Waals surface area contributed by atoms with Gasteiger partial charge in [-0.15, -0.1) is 0 Å². The van der Waals surface area contributed by atoms with Crippen molar-refractivity contribution in [3.8, 4) is 5.69 Å². The number of hydrogen-bond acceptors (Lipinski definition) is 5. The van der Waals surface area contributed by atoms with E-state index >= 15 is 0 Å². The van der Waals surface area contributed by atoms with Gasteiger partial charge < -0.3 is 4.90 Å². The largest absolute Gasteiger partial charge is 0.339 e. The van der Waals surface area contributed by atoms with E-state index in [0.29, 0.717) is 11.8 Å². The molecule has 3 aromatic rings. The van der Waals surface area contributed by atoms with Crippen LogP contribution in [-0.4, -0.2) is 48.9 Å². The second kappa shape index (κ2) is 7.91. The third-order valence-electron chi connectivity index (χ3n) is 5.52. The lowest BCUT2D eigenvalue weighted by molar-refractivity contribution is -0.131. The van der Waals surface area contributed by atoms with E-state index in [2.05, 4.69) is 48.0 Å².